The zero-order valence-electron chi connectivity index (χ0n) is 11.2. The van der Waals surface area contributed by atoms with Crippen molar-refractivity contribution in [3.05, 3.63) is 58.6 Å². The highest BCUT2D eigenvalue weighted by Gasteiger charge is 2.23. The molecule has 1 atom stereocenters. The van der Waals surface area contributed by atoms with Gasteiger partial charge in [0.05, 0.1) is 13.2 Å². The van der Waals surface area contributed by atoms with E-state index in [1.54, 1.807) is 7.11 Å². The summed E-state index contributed by atoms with van der Waals surface area (Å²) in [6.45, 7) is 1.29. The van der Waals surface area contributed by atoms with Gasteiger partial charge in [-0.2, -0.15) is 0 Å². The van der Waals surface area contributed by atoms with Crippen molar-refractivity contribution < 1.29 is 9.47 Å². The van der Waals surface area contributed by atoms with Crippen molar-refractivity contribution in [1.29, 1.82) is 0 Å². The van der Waals surface area contributed by atoms with Gasteiger partial charge in [-0.25, -0.2) is 0 Å². The van der Waals surface area contributed by atoms with Crippen molar-refractivity contribution in [2.75, 3.05) is 13.7 Å². The number of benzene rings is 2. The first-order valence-electron chi connectivity index (χ1n) is 6.56. The van der Waals surface area contributed by atoms with Crippen LogP contribution in [0.3, 0.4) is 0 Å². The lowest BCUT2D eigenvalue weighted by Crippen LogP contribution is -2.22. The van der Waals surface area contributed by atoms with Crippen molar-refractivity contribution in [3.63, 3.8) is 0 Å². The fourth-order valence-electron chi connectivity index (χ4n) is 2.46. The molecule has 0 saturated heterocycles. The van der Waals surface area contributed by atoms with E-state index in [9.17, 15) is 0 Å². The number of para-hydroxylation sites is 1. The van der Waals surface area contributed by atoms with Crippen LogP contribution in [0.2, 0.25) is 5.02 Å². The maximum Gasteiger partial charge on any atom is 0.124 e. The molecule has 1 aliphatic heterocycles. The van der Waals surface area contributed by atoms with E-state index in [2.05, 4.69) is 11.4 Å². The van der Waals surface area contributed by atoms with Gasteiger partial charge in [0.2, 0.25) is 0 Å². The third kappa shape index (κ3) is 2.47. The SMILES string of the molecule is COc1cccc(Cl)c1CNC1COc2ccccc21. The van der Waals surface area contributed by atoms with Crippen LogP contribution in [0.4, 0.5) is 0 Å². The van der Waals surface area contributed by atoms with Crippen molar-refractivity contribution >= 4 is 11.6 Å². The highest BCUT2D eigenvalue weighted by Crippen LogP contribution is 2.33. The predicted molar refractivity (Wildman–Crippen MR) is 79.5 cm³/mol. The van der Waals surface area contributed by atoms with Crippen LogP contribution in [0.1, 0.15) is 17.2 Å². The number of halogens is 1. The molecule has 2 aromatic carbocycles. The Balaban J connectivity index is 1.75. The van der Waals surface area contributed by atoms with Gasteiger partial charge in [-0.1, -0.05) is 35.9 Å². The third-order valence-corrected chi connectivity index (χ3v) is 3.88. The van der Waals surface area contributed by atoms with Gasteiger partial charge in [0.25, 0.3) is 0 Å². The number of ether oxygens (including phenoxy) is 2. The van der Waals surface area contributed by atoms with Gasteiger partial charge in [0, 0.05) is 22.7 Å². The fraction of sp³-hybridized carbons (Fsp3) is 0.250. The summed E-state index contributed by atoms with van der Waals surface area (Å²) in [6, 6.07) is 14.0. The average Bonchev–Trinajstić information content (AvgIpc) is 2.89. The minimum Gasteiger partial charge on any atom is -0.496 e. The molecule has 104 valence electrons. The molecule has 1 aliphatic rings. The molecule has 3 rings (SSSR count). The Bertz CT molecular complexity index is 615. The second kappa shape index (κ2) is 5.73. The van der Waals surface area contributed by atoms with Crippen LogP contribution in [0.15, 0.2) is 42.5 Å². The Kier molecular flexibility index (Phi) is 3.81. The smallest absolute Gasteiger partial charge is 0.124 e. The summed E-state index contributed by atoms with van der Waals surface area (Å²) < 4.78 is 11.0. The Morgan fingerprint density at radius 3 is 2.95 bits per heavy atom. The summed E-state index contributed by atoms with van der Waals surface area (Å²) in [5.41, 5.74) is 2.17. The Labute approximate surface area is 123 Å². The Morgan fingerprint density at radius 1 is 1.25 bits per heavy atom. The van der Waals surface area contributed by atoms with Gasteiger partial charge >= 0.3 is 0 Å². The molecule has 1 unspecified atom stereocenters. The highest BCUT2D eigenvalue weighted by molar-refractivity contribution is 6.31. The minimum absolute atomic E-state index is 0.187. The molecule has 3 nitrogen and oxygen atoms in total. The maximum absolute atomic E-state index is 6.24. The molecular weight excluding hydrogens is 274 g/mol. The molecule has 0 aromatic heterocycles. The molecule has 1 N–H and O–H groups in total. The second-order valence-corrected chi connectivity index (χ2v) is 5.11. The zero-order chi connectivity index (χ0) is 13.9. The van der Waals surface area contributed by atoms with Gasteiger partial charge in [-0.05, 0) is 18.2 Å². The number of nitrogens with one attached hydrogen (secondary N) is 1. The Hall–Kier alpha value is -1.71. The summed E-state index contributed by atoms with van der Waals surface area (Å²) in [4.78, 5) is 0. The number of methoxy groups -OCH3 is 1. The van der Waals surface area contributed by atoms with Crippen molar-refractivity contribution in [1.82, 2.24) is 5.32 Å². The van der Waals surface area contributed by atoms with Crippen LogP contribution in [0.5, 0.6) is 11.5 Å². The van der Waals surface area contributed by atoms with E-state index >= 15 is 0 Å². The molecular formula is C16H16ClNO2. The molecule has 20 heavy (non-hydrogen) atoms. The summed E-state index contributed by atoms with van der Waals surface area (Å²) >= 11 is 6.24. The summed E-state index contributed by atoms with van der Waals surface area (Å²) in [5, 5.41) is 4.19. The van der Waals surface area contributed by atoms with Crippen molar-refractivity contribution in [2.24, 2.45) is 0 Å². The van der Waals surface area contributed by atoms with Crippen molar-refractivity contribution in [2.45, 2.75) is 12.6 Å². The molecule has 0 bridgehead atoms. The molecule has 0 saturated carbocycles. The van der Waals surface area contributed by atoms with Crippen molar-refractivity contribution in [3.8, 4) is 11.5 Å². The fourth-order valence-corrected chi connectivity index (χ4v) is 2.69. The van der Waals surface area contributed by atoms with Gasteiger partial charge in [-0.15, -0.1) is 0 Å². The number of fused-ring (bicyclic) bond motifs is 1. The van der Waals surface area contributed by atoms with Gasteiger partial charge < -0.3 is 14.8 Å². The predicted octanol–water partition coefficient (Wildman–Crippen LogP) is 3.57. The minimum atomic E-state index is 0.187. The number of hydrogen-bond donors (Lipinski definition) is 1. The van der Waals surface area contributed by atoms with Gasteiger partial charge in [0.15, 0.2) is 0 Å². The quantitative estimate of drug-likeness (QED) is 0.933. The lowest BCUT2D eigenvalue weighted by Gasteiger charge is -2.15. The molecule has 0 fully saturated rings. The number of rotatable bonds is 4. The lowest BCUT2D eigenvalue weighted by molar-refractivity contribution is 0.309. The molecule has 0 radical (unpaired) electrons. The van der Waals surface area contributed by atoms with Crippen LogP contribution in [0, 0.1) is 0 Å². The van der Waals surface area contributed by atoms with E-state index in [0.29, 0.717) is 18.2 Å². The van der Waals surface area contributed by atoms with Crippen LogP contribution < -0.4 is 14.8 Å². The van der Waals surface area contributed by atoms with E-state index in [-0.39, 0.29) is 6.04 Å². The zero-order valence-corrected chi connectivity index (χ0v) is 12.0. The van der Waals surface area contributed by atoms with E-state index in [1.807, 2.05) is 36.4 Å². The van der Waals surface area contributed by atoms with Gasteiger partial charge in [0.1, 0.15) is 18.1 Å². The molecule has 0 aliphatic carbocycles. The molecule has 1 heterocycles. The van der Waals surface area contributed by atoms with Crippen LogP contribution in [-0.4, -0.2) is 13.7 Å². The average molecular weight is 290 g/mol. The molecule has 0 amide bonds. The van der Waals surface area contributed by atoms with E-state index in [0.717, 1.165) is 17.1 Å². The number of hydrogen-bond acceptors (Lipinski definition) is 3. The molecule has 0 spiro atoms. The van der Waals surface area contributed by atoms with Crippen LogP contribution >= 0.6 is 11.6 Å². The monoisotopic (exact) mass is 289 g/mol. The third-order valence-electron chi connectivity index (χ3n) is 3.52. The van der Waals surface area contributed by atoms with Crippen LogP contribution in [0.25, 0.3) is 0 Å². The first-order chi connectivity index (χ1) is 9.79. The summed E-state index contributed by atoms with van der Waals surface area (Å²) in [5.74, 6) is 1.76. The van der Waals surface area contributed by atoms with E-state index < -0.39 is 0 Å². The summed E-state index contributed by atoms with van der Waals surface area (Å²) in [7, 11) is 1.66. The first-order valence-corrected chi connectivity index (χ1v) is 6.94. The summed E-state index contributed by atoms with van der Waals surface area (Å²) in [6.07, 6.45) is 0. The Morgan fingerprint density at radius 2 is 2.10 bits per heavy atom. The highest BCUT2D eigenvalue weighted by atomic mass is 35.5. The largest absolute Gasteiger partial charge is 0.496 e. The topological polar surface area (TPSA) is 30.5 Å². The normalized spacial score (nSPS) is 16.6. The standard InChI is InChI=1S/C16H16ClNO2/c1-19-15-8-4-6-13(17)12(15)9-18-14-10-20-16-7-3-2-5-11(14)16/h2-8,14,18H,9-10H2,1H3. The lowest BCUT2D eigenvalue weighted by atomic mass is 10.1. The first kappa shape index (κ1) is 13.3. The maximum atomic E-state index is 6.24. The molecule has 2 aromatic rings. The van der Waals surface area contributed by atoms with E-state index in [1.165, 1.54) is 5.56 Å². The van der Waals surface area contributed by atoms with Gasteiger partial charge in [-0.3, -0.25) is 0 Å². The van der Waals surface area contributed by atoms with Crippen LogP contribution in [-0.2, 0) is 6.54 Å². The van der Waals surface area contributed by atoms with E-state index in [4.69, 9.17) is 21.1 Å². The second-order valence-electron chi connectivity index (χ2n) is 4.70. The molecule has 4 heteroatoms.